The van der Waals surface area contributed by atoms with Gasteiger partial charge in [-0.3, -0.25) is 0 Å². The Morgan fingerprint density at radius 3 is 2.46 bits per heavy atom. The number of imidazole rings is 1. The lowest BCUT2D eigenvalue weighted by molar-refractivity contribution is -0.104. The van der Waals surface area contributed by atoms with Crippen LogP contribution in [0.4, 0.5) is 0 Å². The number of rotatable bonds is 14. The normalized spacial score (nSPS) is 11.8. The highest BCUT2D eigenvalue weighted by Gasteiger charge is 2.02. The number of hydrogen-bond donors (Lipinski definition) is 2. The third-order valence-corrected chi connectivity index (χ3v) is 3.77. The highest BCUT2D eigenvalue weighted by atomic mass is 16.6. The third kappa shape index (κ3) is 16.0. The molecule has 0 amide bonds. The standard InChI is InChI=1S/C12H26O2.C7H13N3/c1-3-5-7-8-9-10-12(13)14-11-6-4-2;1-8-3-2-5-10-6-4-9-7-10/h12-13H,3-11H2,1-2H3;4,6-8H,2-3,5H2,1H3. The van der Waals surface area contributed by atoms with Crippen molar-refractivity contribution in [3.05, 3.63) is 18.7 Å². The molecule has 0 aliphatic heterocycles. The van der Waals surface area contributed by atoms with Gasteiger partial charge in [-0.2, -0.15) is 0 Å². The molecule has 0 spiro atoms. The van der Waals surface area contributed by atoms with E-state index in [9.17, 15) is 5.11 Å². The Morgan fingerprint density at radius 1 is 1.08 bits per heavy atom. The number of aryl methyl sites for hydroxylation is 1. The molecule has 1 aromatic heterocycles. The van der Waals surface area contributed by atoms with Crippen LogP contribution in [0.5, 0.6) is 0 Å². The molecular weight excluding hydrogens is 302 g/mol. The zero-order valence-electron chi connectivity index (χ0n) is 16.0. The fourth-order valence-electron chi connectivity index (χ4n) is 2.23. The van der Waals surface area contributed by atoms with Crippen LogP contribution in [0.2, 0.25) is 0 Å². The van der Waals surface area contributed by atoms with Crippen molar-refractivity contribution in [3.8, 4) is 0 Å². The molecule has 0 saturated heterocycles. The van der Waals surface area contributed by atoms with Gasteiger partial charge in [0, 0.05) is 25.5 Å². The third-order valence-electron chi connectivity index (χ3n) is 3.77. The number of aromatic nitrogens is 2. The molecule has 5 nitrogen and oxygen atoms in total. The minimum Gasteiger partial charge on any atom is -0.368 e. The smallest absolute Gasteiger partial charge is 0.154 e. The van der Waals surface area contributed by atoms with Gasteiger partial charge in [0.25, 0.3) is 0 Å². The Morgan fingerprint density at radius 2 is 1.83 bits per heavy atom. The SMILES string of the molecule is CCCCCCCC(O)OCCCC.CNCCCn1ccnc1. The fraction of sp³-hybridized carbons (Fsp3) is 0.842. The number of aliphatic hydroxyl groups is 1. The van der Waals surface area contributed by atoms with Crippen LogP contribution in [-0.2, 0) is 11.3 Å². The molecule has 0 aliphatic carbocycles. The van der Waals surface area contributed by atoms with E-state index in [1.54, 1.807) is 6.20 Å². The van der Waals surface area contributed by atoms with E-state index in [0.717, 1.165) is 45.2 Å². The van der Waals surface area contributed by atoms with E-state index in [1.807, 2.05) is 19.6 Å². The molecular formula is C19H39N3O2. The Bertz CT molecular complexity index is 331. The molecule has 1 aromatic rings. The topological polar surface area (TPSA) is 59.3 Å². The summed E-state index contributed by atoms with van der Waals surface area (Å²) >= 11 is 0. The van der Waals surface area contributed by atoms with Crippen LogP contribution in [0, 0.1) is 0 Å². The molecule has 0 aromatic carbocycles. The first kappa shape index (κ1) is 23.1. The second-order valence-electron chi connectivity index (χ2n) is 6.14. The molecule has 0 bridgehead atoms. The van der Waals surface area contributed by atoms with Gasteiger partial charge in [-0.05, 0) is 39.3 Å². The average Bonchev–Trinajstić information content (AvgIpc) is 3.09. The Kier molecular flexibility index (Phi) is 17.7. The quantitative estimate of drug-likeness (QED) is 0.397. The largest absolute Gasteiger partial charge is 0.368 e. The molecule has 2 N–H and O–H groups in total. The van der Waals surface area contributed by atoms with E-state index in [2.05, 4.69) is 28.7 Å². The summed E-state index contributed by atoms with van der Waals surface area (Å²) in [4.78, 5) is 3.94. The van der Waals surface area contributed by atoms with Crippen molar-refractivity contribution >= 4 is 0 Å². The van der Waals surface area contributed by atoms with Crippen LogP contribution < -0.4 is 5.32 Å². The van der Waals surface area contributed by atoms with Gasteiger partial charge in [0.2, 0.25) is 0 Å². The zero-order chi connectivity index (χ0) is 17.9. The van der Waals surface area contributed by atoms with E-state index in [0.29, 0.717) is 6.61 Å². The van der Waals surface area contributed by atoms with Gasteiger partial charge < -0.3 is 19.7 Å². The average molecular weight is 342 g/mol. The minimum absolute atomic E-state index is 0.525. The zero-order valence-corrected chi connectivity index (χ0v) is 16.0. The lowest BCUT2D eigenvalue weighted by Crippen LogP contribution is -2.12. The highest BCUT2D eigenvalue weighted by Crippen LogP contribution is 2.08. The molecule has 142 valence electrons. The summed E-state index contributed by atoms with van der Waals surface area (Å²) in [5, 5.41) is 12.5. The number of nitrogens with one attached hydrogen (secondary N) is 1. The second kappa shape index (κ2) is 18.4. The minimum atomic E-state index is -0.525. The van der Waals surface area contributed by atoms with E-state index in [-0.39, 0.29) is 0 Å². The highest BCUT2D eigenvalue weighted by molar-refractivity contribution is 4.73. The van der Waals surface area contributed by atoms with Crippen LogP contribution >= 0.6 is 0 Å². The van der Waals surface area contributed by atoms with Crippen LogP contribution in [0.25, 0.3) is 0 Å². The summed E-state index contributed by atoms with van der Waals surface area (Å²) in [6.07, 6.45) is 15.4. The van der Waals surface area contributed by atoms with Crippen LogP contribution in [0.15, 0.2) is 18.7 Å². The molecule has 1 rings (SSSR count). The summed E-state index contributed by atoms with van der Waals surface area (Å²) in [6.45, 7) is 7.16. The molecule has 1 atom stereocenters. The van der Waals surface area contributed by atoms with Crippen LogP contribution in [0.1, 0.15) is 71.6 Å². The molecule has 1 heterocycles. The summed E-state index contributed by atoms with van der Waals surface area (Å²) in [6, 6.07) is 0. The van der Waals surface area contributed by atoms with Crippen molar-refractivity contribution < 1.29 is 9.84 Å². The van der Waals surface area contributed by atoms with Crippen molar-refractivity contribution in [3.63, 3.8) is 0 Å². The maximum absolute atomic E-state index is 9.41. The molecule has 0 saturated carbocycles. The molecule has 0 radical (unpaired) electrons. The summed E-state index contributed by atoms with van der Waals surface area (Å²) in [5.74, 6) is 0. The first-order chi connectivity index (χ1) is 11.7. The first-order valence-corrected chi connectivity index (χ1v) is 9.64. The second-order valence-corrected chi connectivity index (χ2v) is 6.14. The maximum atomic E-state index is 9.41. The van der Waals surface area contributed by atoms with E-state index < -0.39 is 6.29 Å². The van der Waals surface area contributed by atoms with Crippen molar-refractivity contribution in [1.82, 2.24) is 14.9 Å². The molecule has 5 heteroatoms. The molecule has 0 fully saturated rings. The van der Waals surface area contributed by atoms with Crippen molar-refractivity contribution in [1.29, 1.82) is 0 Å². The molecule has 1 unspecified atom stereocenters. The van der Waals surface area contributed by atoms with Gasteiger partial charge in [0.1, 0.15) is 0 Å². The van der Waals surface area contributed by atoms with E-state index in [4.69, 9.17) is 4.74 Å². The van der Waals surface area contributed by atoms with Gasteiger partial charge in [0.15, 0.2) is 6.29 Å². The van der Waals surface area contributed by atoms with E-state index >= 15 is 0 Å². The lowest BCUT2D eigenvalue weighted by atomic mass is 10.1. The first-order valence-electron chi connectivity index (χ1n) is 9.64. The number of aliphatic hydroxyl groups excluding tert-OH is 1. The van der Waals surface area contributed by atoms with Crippen molar-refractivity contribution in [2.24, 2.45) is 0 Å². The summed E-state index contributed by atoms with van der Waals surface area (Å²) in [5.41, 5.74) is 0. The summed E-state index contributed by atoms with van der Waals surface area (Å²) < 4.78 is 7.33. The van der Waals surface area contributed by atoms with Crippen molar-refractivity contribution in [2.45, 2.75) is 84.5 Å². The maximum Gasteiger partial charge on any atom is 0.154 e. The van der Waals surface area contributed by atoms with Crippen LogP contribution in [0.3, 0.4) is 0 Å². The van der Waals surface area contributed by atoms with Gasteiger partial charge in [-0.15, -0.1) is 0 Å². The van der Waals surface area contributed by atoms with E-state index in [1.165, 1.54) is 25.7 Å². The Labute approximate surface area is 148 Å². The number of ether oxygens (including phenoxy) is 1. The van der Waals surface area contributed by atoms with Gasteiger partial charge >= 0.3 is 0 Å². The van der Waals surface area contributed by atoms with Gasteiger partial charge in [0.05, 0.1) is 6.33 Å². The van der Waals surface area contributed by atoms with Gasteiger partial charge in [-0.25, -0.2) is 4.98 Å². The lowest BCUT2D eigenvalue weighted by Gasteiger charge is -2.11. The monoisotopic (exact) mass is 341 g/mol. The Hall–Kier alpha value is -0.910. The Balaban J connectivity index is 0.000000463. The predicted molar refractivity (Wildman–Crippen MR) is 101 cm³/mol. The number of nitrogens with zero attached hydrogens (tertiary/aromatic N) is 2. The number of hydrogen-bond acceptors (Lipinski definition) is 4. The summed E-state index contributed by atoms with van der Waals surface area (Å²) in [7, 11) is 1.97. The molecule has 0 aliphatic rings. The van der Waals surface area contributed by atoms with Crippen molar-refractivity contribution in [2.75, 3.05) is 20.2 Å². The van der Waals surface area contributed by atoms with Crippen LogP contribution in [-0.4, -0.2) is 41.1 Å². The fourth-order valence-corrected chi connectivity index (χ4v) is 2.23. The molecule has 24 heavy (non-hydrogen) atoms. The predicted octanol–water partition coefficient (Wildman–Crippen LogP) is 3.97. The van der Waals surface area contributed by atoms with Gasteiger partial charge in [-0.1, -0.05) is 46.0 Å². The number of unbranched alkanes of at least 4 members (excludes halogenated alkanes) is 5.